The summed E-state index contributed by atoms with van der Waals surface area (Å²) >= 11 is 0. The Balaban J connectivity index is 2.15. The van der Waals surface area contributed by atoms with Gasteiger partial charge in [0.25, 0.3) is 0 Å². The Morgan fingerprint density at radius 2 is 1.31 bits per heavy atom. The number of alkyl carbamates (subject to hydrolysis) is 1. The van der Waals surface area contributed by atoms with Gasteiger partial charge >= 0.3 is 18.0 Å². The van der Waals surface area contributed by atoms with Crippen LogP contribution in [0.5, 0.6) is 0 Å². The molecule has 0 spiro atoms. The number of hydrogen-bond acceptors (Lipinski definition) is 7. The first-order valence-corrected chi connectivity index (χ1v) is 11.8. The van der Waals surface area contributed by atoms with E-state index in [0.717, 1.165) is 0 Å². The molecule has 1 N–H and O–H groups in total. The number of Topliss-reactive ketones (excluding diaryl/α,β-unsaturated/α-hetero) is 1. The summed E-state index contributed by atoms with van der Waals surface area (Å²) in [7, 11) is 0. The van der Waals surface area contributed by atoms with Gasteiger partial charge in [0, 0.05) is 17.5 Å². The normalized spacial score (nSPS) is 13.2. The summed E-state index contributed by atoms with van der Waals surface area (Å²) in [6.45, 7) is 10.2. The molecule has 0 bridgehead atoms. The third-order valence-electron chi connectivity index (χ3n) is 4.67. The summed E-state index contributed by atoms with van der Waals surface area (Å²) in [6, 6.07) is 16.1. The van der Waals surface area contributed by atoms with E-state index in [-0.39, 0.29) is 18.6 Å². The summed E-state index contributed by atoms with van der Waals surface area (Å²) in [6.07, 6.45) is -2.31. The molecule has 2 atom stereocenters. The average Bonchev–Trinajstić information content (AvgIpc) is 2.78. The molecular formula is C28H35NO7. The van der Waals surface area contributed by atoms with Gasteiger partial charge in [0.2, 0.25) is 5.78 Å². The Hall–Kier alpha value is -3.68. The van der Waals surface area contributed by atoms with Crippen molar-refractivity contribution in [2.24, 2.45) is 0 Å². The predicted molar refractivity (Wildman–Crippen MR) is 134 cm³/mol. The molecule has 194 valence electrons. The number of rotatable bonds is 9. The Labute approximate surface area is 212 Å². The van der Waals surface area contributed by atoms with Crippen LogP contribution >= 0.6 is 0 Å². The zero-order chi connectivity index (χ0) is 26.9. The van der Waals surface area contributed by atoms with E-state index >= 15 is 0 Å². The standard InChI is InChI=1S/C28H35NO7/c1-27(2,3)35-25(32)21(29-26(33)36-28(4,5)6)17-18-22(30)34-24(20-15-11-8-12-16-20)23(31)19-13-9-7-10-14-19/h7-16,21,24H,17-18H2,1-6H3,(H,29,33)/t21-,24?/m0/s1. The number of carbonyl (C=O) groups excluding carboxylic acids is 4. The van der Waals surface area contributed by atoms with E-state index in [1.165, 1.54) is 0 Å². The lowest BCUT2D eigenvalue weighted by Crippen LogP contribution is -2.46. The predicted octanol–water partition coefficient (Wildman–Crippen LogP) is 5.17. The first-order chi connectivity index (χ1) is 16.7. The molecule has 1 unspecified atom stereocenters. The van der Waals surface area contributed by atoms with E-state index in [4.69, 9.17) is 14.2 Å². The molecule has 8 heteroatoms. The van der Waals surface area contributed by atoms with Crippen molar-refractivity contribution in [3.05, 3.63) is 71.8 Å². The van der Waals surface area contributed by atoms with Gasteiger partial charge in [0.15, 0.2) is 6.10 Å². The van der Waals surface area contributed by atoms with Crippen molar-refractivity contribution in [1.29, 1.82) is 0 Å². The van der Waals surface area contributed by atoms with Crippen LogP contribution in [0.1, 0.15) is 76.4 Å². The molecule has 0 saturated carbocycles. The van der Waals surface area contributed by atoms with Gasteiger partial charge in [-0.3, -0.25) is 9.59 Å². The van der Waals surface area contributed by atoms with Crippen LogP contribution in [-0.2, 0) is 23.8 Å². The van der Waals surface area contributed by atoms with Gasteiger partial charge in [-0.15, -0.1) is 0 Å². The Bertz CT molecular complexity index is 1040. The van der Waals surface area contributed by atoms with Crippen molar-refractivity contribution < 1.29 is 33.4 Å². The summed E-state index contributed by atoms with van der Waals surface area (Å²) in [5, 5.41) is 2.47. The number of hydrogen-bond donors (Lipinski definition) is 1. The Kier molecular flexibility index (Phi) is 9.78. The molecule has 2 rings (SSSR count). The molecule has 1 amide bonds. The molecule has 0 aliphatic rings. The third kappa shape index (κ3) is 9.90. The molecule has 2 aromatic rings. The molecule has 36 heavy (non-hydrogen) atoms. The molecule has 0 aliphatic heterocycles. The number of ketones is 1. The van der Waals surface area contributed by atoms with Crippen molar-refractivity contribution >= 4 is 23.8 Å². The van der Waals surface area contributed by atoms with Crippen LogP contribution in [-0.4, -0.2) is 41.1 Å². The monoisotopic (exact) mass is 497 g/mol. The van der Waals surface area contributed by atoms with Gasteiger partial charge in [-0.25, -0.2) is 9.59 Å². The fourth-order valence-electron chi connectivity index (χ4n) is 3.18. The van der Waals surface area contributed by atoms with Gasteiger partial charge in [-0.1, -0.05) is 60.7 Å². The van der Waals surface area contributed by atoms with Gasteiger partial charge in [-0.05, 0) is 48.0 Å². The van der Waals surface area contributed by atoms with Crippen LogP contribution in [0.2, 0.25) is 0 Å². The number of esters is 2. The van der Waals surface area contributed by atoms with Gasteiger partial charge < -0.3 is 19.5 Å². The highest BCUT2D eigenvalue weighted by atomic mass is 16.6. The SMILES string of the molecule is CC(C)(C)OC(=O)N[C@@H](CCC(=O)OC(C(=O)c1ccccc1)c1ccccc1)C(=O)OC(C)(C)C. The molecule has 0 radical (unpaired) electrons. The van der Waals surface area contributed by atoms with E-state index in [1.54, 1.807) is 102 Å². The largest absolute Gasteiger partial charge is 0.458 e. The van der Waals surface area contributed by atoms with Crippen LogP contribution in [0.3, 0.4) is 0 Å². The maximum atomic E-state index is 13.1. The summed E-state index contributed by atoms with van der Waals surface area (Å²) < 4.78 is 16.2. The fourth-order valence-corrected chi connectivity index (χ4v) is 3.18. The van der Waals surface area contributed by atoms with Crippen LogP contribution in [0.25, 0.3) is 0 Å². The lowest BCUT2D eigenvalue weighted by molar-refractivity contribution is -0.158. The second-order valence-electron chi connectivity index (χ2n) is 10.3. The highest BCUT2D eigenvalue weighted by Gasteiger charge is 2.31. The smallest absolute Gasteiger partial charge is 0.408 e. The van der Waals surface area contributed by atoms with Crippen LogP contribution in [0.4, 0.5) is 4.79 Å². The van der Waals surface area contributed by atoms with E-state index in [0.29, 0.717) is 11.1 Å². The molecule has 0 heterocycles. The van der Waals surface area contributed by atoms with Gasteiger partial charge in [-0.2, -0.15) is 0 Å². The zero-order valence-electron chi connectivity index (χ0n) is 21.7. The molecule has 8 nitrogen and oxygen atoms in total. The Morgan fingerprint density at radius 1 is 0.778 bits per heavy atom. The van der Waals surface area contributed by atoms with Gasteiger partial charge in [0.05, 0.1) is 0 Å². The topological polar surface area (TPSA) is 108 Å². The molecular weight excluding hydrogens is 462 g/mol. The number of benzene rings is 2. The quantitative estimate of drug-likeness (QED) is 0.289. The molecule has 0 saturated heterocycles. The van der Waals surface area contributed by atoms with Crippen molar-refractivity contribution in [3.63, 3.8) is 0 Å². The highest BCUT2D eigenvalue weighted by molar-refractivity contribution is 6.01. The average molecular weight is 498 g/mol. The highest BCUT2D eigenvalue weighted by Crippen LogP contribution is 2.24. The number of nitrogens with one attached hydrogen (secondary N) is 1. The number of ether oxygens (including phenoxy) is 3. The minimum absolute atomic E-state index is 0.103. The van der Waals surface area contributed by atoms with Crippen LogP contribution in [0, 0.1) is 0 Å². The van der Waals surface area contributed by atoms with Crippen molar-refractivity contribution in [3.8, 4) is 0 Å². The second-order valence-corrected chi connectivity index (χ2v) is 10.3. The summed E-state index contributed by atoms with van der Waals surface area (Å²) in [5.74, 6) is -1.78. The van der Waals surface area contributed by atoms with Crippen molar-refractivity contribution in [2.45, 2.75) is 77.7 Å². The van der Waals surface area contributed by atoms with Crippen LogP contribution < -0.4 is 5.32 Å². The third-order valence-corrected chi connectivity index (χ3v) is 4.67. The van der Waals surface area contributed by atoms with Crippen molar-refractivity contribution in [1.82, 2.24) is 5.32 Å². The summed E-state index contributed by atoms with van der Waals surface area (Å²) in [5.41, 5.74) is -0.651. The Morgan fingerprint density at radius 3 is 1.83 bits per heavy atom. The maximum Gasteiger partial charge on any atom is 0.408 e. The minimum atomic E-state index is -1.15. The van der Waals surface area contributed by atoms with E-state index < -0.39 is 41.4 Å². The minimum Gasteiger partial charge on any atom is -0.458 e. The summed E-state index contributed by atoms with van der Waals surface area (Å²) in [4.78, 5) is 51.0. The maximum absolute atomic E-state index is 13.1. The first kappa shape index (κ1) is 28.6. The second kappa shape index (κ2) is 12.3. The molecule has 2 aromatic carbocycles. The van der Waals surface area contributed by atoms with Gasteiger partial charge in [0.1, 0.15) is 17.2 Å². The first-order valence-electron chi connectivity index (χ1n) is 11.8. The van der Waals surface area contributed by atoms with Crippen LogP contribution in [0.15, 0.2) is 60.7 Å². The number of amides is 1. The van der Waals surface area contributed by atoms with E-state index in [2.05, 4.69) is 5.32 Å². The van der Waals surface area contributed by atoms with E-state index in [9.17, 15) is 19.2 Å². The van der Waals surface area contributed by atoms with Crippen molar-refractivity contribution in [2.75, 3.05) is 0 Å². The van der Waals surface area contributed by atoms with E-state index in [1.807, 2.05) is 0 Å². The molecule has 0 aliphatic carbocycles. The molecule has 0 fully saturated rings. The fraction of sp³-hybridized carbons (Fsp3) is 0.429. The molecule has 0 aromatic heterocycles. The zero-order valence-corrected chi connectivity index (χ0v) is 21.7. The lowest BCUT2D eigenvalue weighted by atomic mass is 10.00. The number of carbonyl (C=O) groups is 4. The lowest BCUT2D eigenvalue weighted by Gasteiger charge is -2.26.